The first-order valence-corrected chi connectivity index (χ1v) is 7.18. The monoisotopic (exact) mass is 263 g/mol. The number of aromatic nitrogens is 1. The molecule has 0 fully saturated rings. The number of likely N-dealkylation sites (N-methyl/N-ethyl adjacent to an activating group) is 1. The van der Waals surface area contributed by atoms with E-state index in [2.05, 4.69) is 60.7 Å². The normalized spacial score (nSPS) is 15.2. The molecule has 0 amide bonds. The van der Waals surface area contributed by atoms with Gasteiger partial charge < -0.3 is 10.2 Å². The van der Waals surface area contributed by atoms with E-state index < -0.39 is 0 Å². The van der Waals surface area contributed by atoms with Crippen LogP contribution in [0.1, 0.15) is 25.5 Å². The third-order valence-corrected chi connectivity index (χ3v) is 3.85. The van der Waals surface area contributed by atoms with Gasteiger partial charge in [0.2, 0.25) is 0 Å². The van der Waals surface area contributed by atoms with Crippen LogP contribution >= 0.6 is 11.3 Å². The van der Waals surface area contributed by atoms with Crippen LogP contribution < -0.4 is 5.32 Å². The molecular formula is C14H21N3S. The highest BCUT2D eigenvalue weighted by Gasteiger charge is 2.11. The Morgan fingerprint density at radius 1 is 1.39 bits per heavy atom. The minimum absolute atomic E-state index is 0.332. The molecule has 0 aromatic carbocycles. The Kier molecular flexibility index (Phi) is 4.32. The molecule has 3 nitrogen and oxygen atoms in total. The van der Waals surface area contributed by atoms with Crippen molar-refractivity contribution in [3.05, 3.63) is 29.3 Å². The van der Waals surface area contributed by atoms with Gasteiger partial charge >= 0.3 is 0 Å². The van der Waals surface area contributed by atoms with Crippen molar-refractivity contribution in [2.24, 2.45) is 0 Å². The first-order chi connectivity index (χ1) is 8.56. The van der Waals surface area contributed by atoms with E-state index in [1.165, 1.54) is 10.3 Å². The summed E-state index contributed by atoms with van der Waals surface area (Å²) in [5.74, 6) is 0. The van der Waals surface area contributed by atoms with Crippen molar-refractivity contribution in [1.29, 1.82) is 0 Å². The molecule has 2 aromatic rings. The lowest BCUT2D eigenvalue weighted by molar-refractivity contribution is 0.334. The summed E-state index contributed by atoms with van der Waals surface area (Å²) in [6, 6.07) is 5.11. The average Bonchev–Trinajstić information content (AvgIpc) is 2.74. The molecule has 98 valence electrons. The second-order valence-corrected chi connectivity index (χ2v) is 6.07. The van der Waals surface area contributed by atoms with E-state index in [0.29, 0.717) is 12.1 Å². The molecule has 2 rings (SSSR count). The van der Waals surface area contributed by atoms with Crippen LogP contribution in [-0.2, 0) is 0 Å². The first-order valence-electron chi connectivity index (χ1n) is 6.30. The van der Waals surface area contributed by atoms with Crippen molar-refractivity contribution < 1.29 is 0 Å². The lowest BCUT2D eigenvalue weighted by atomic mass is 10.1. The predicted octanol–water partition coefficient (Wildman–Crippen LogP) is 2.90. The van der Waals surface area contributed by atoms with Gasteiger partial charge in [-0.2, -0.15) is 0 Å². The summed E-state index contributed by atoms with van der Waals surface area (Å²) in [7, 11) is 4.20. The molecule has 0 bridgehead atoms. The van der Waals surface area contributed by atoms with E-state index in [-0.39, 0.29) is 0 Å². The van der Waals surface area contributed by atoms with Crippen molar-refractivity contribution in [2.75, 3.05) is 20.6 Å². The summed E-state index contributed by atoms with van der Waals surface area (Å²) in [6.45, 7) is 5.45. The topological polar surface area (TPSA) is 28.2 Å². The van der Waals surface area contributed by atoms with Crippen LogP contribution in [0.5, 0.6) is 0 Å². The highest BCUT2D eigenvalue weighted by molar-refractivity contribution is 7.17. The summed E-state index contributed by atoms with van der Waals surface area (Å²) in [5.41, 5.74) is 2.35. The van der Waals surface area contributed by atoms with E-state index >= 15 is 0 Å². The molecule has 2 unspecified atom stereocenters. The SMILES string of the molecule is CC(CN(C)C)NC(C)c1cnc2ccsc2c1. The fraction of sp³-hybridized carbons (Fsp3) is 0.500. The Labute approximate surface area is 113 Å². The second kappa shape index (κ2) is 5.78. The summed E-state index contributed by atoms with van der Waals surface area (Å²) in [5, 5.41) is 5.70. The number of thiophene rings is 1. The van der Waals surface area contributed by atoms with Gasteiger partial charge in [0, 0.05) is 24.8 Å². The average molecular weight is 263 g/mol. The number of fused-ring (bicyclic) bond motifs is 1. The van der Waals surface area contributed by atoms with Gasteiger partial charge in [0.05, 0.1) is 10.2 Å². The highest BCUT2D eigenvalue weighted by Crippen LogP contribution is 2.22. The Hall–Kier alpha value is -0.970. The van der Waals surface area contributed by atoms with E-state index in [4.69, 9.17) is 0 Å². The Morgan fingerprint density at radius 2 is 2.17 bits per heavy atom. The van der Waals surface area contributed by atoms with Crippen molar-refractivity contribution in [3.8, 4) is 0 Å². The van der Waals surface area contributed by atoms with Gasteiger partial charge in [0.25, 0.3) is 0 Å². The second-order valence-electron chi connectivity index (χ2n) is 5.12. The van der Waals surface area contributed by atoms with Crippen LogP contribution in [-0.4, -0.2) is 36.6 Å². The minimum Gasteiger partial charge on any atom is -0.308 e. The van der Waals surface area contributed by atoms with Crippen LogP contribution in [0.4, 0.5) is 0 Å². The molecule has 2 heterocycles. The number of nitrogens with one attached hydrogen (secondary N) is 1. The molecule has 0 aliphatic carbocycles. The molecule has 2 aromatic heterocycles. The number of rotatable bonds is 5. The summed E-state index contributed by atoms with van der Waals surface area (Å²) >= 11 is 1.75. The lowest BCUT2D eigenvalue weighted by Crippen LogP contribution is -2.37. The van der Waals surface area contributed by atoms with Crippen LogP contribution in [0.15, 0.2) is 23.7 Å². The van der Waals surface area contributed by atoms with Gasteiger partial charge in [-0.05, 0) is 51.0 Å². The Morgan fingerprint density at radius 3 is 2.89 bits per heavy atom. The van der Waals surface area contributed by atoms with E-state index in [9.17, 15) is 0 Å². The number of nitrogens with zero attached hydrogens (tertiary/aromatic N) is 2. The molecule has 0 aliphatic rings. The van der Waals surface area contributed by atoms with E-state index in [1.807, 2.05) is 6.20 Å². The van der Waals surface area contributed by atoms with Crippen molar-refractivity contribution in [2.45, 2.75) is 25.9 Å². The molecular weight excluding hydrogens is 242 g/mol. The predicted molar refractivity (Wildman–Crippen MR) is 79.2 cm³/mol. The van der Waals surface area contributed by atoms with Crippen LogP contribution in [0, 0.1) is 0 Å². The zero-order valence-corrected chi connectivity index (χ0v) is 12.3. The maximum Gasteiger partial charge on any atom is 0.0809 e. The van der Waals surface area contributed by atoms with Crippen LogP contribution in [0.2, 0.25) is 0 Å². The fourth-order valence-corrected chi connectivity index (χ4v) is 3.01. The highest BCUT2D eigenvalue weighted by atomic mass is 32.1. The van der Waals surface area contributed by atoms with Gasteiger partial charge in [-0.15, -0.1) is 11.3 Å². The molecule has 0 saturated carbocycles. The number of hydrogen-bond acceptors (Lipinski definition) is 4. The van der Waals surface area contributed by atoms with Gasteiger partial charge in [-0.25, -0.2) is 0 Å². The van der Waals surface area contributed by atoms with E-state index in [0.717, 1.165) is 12.1 Å². The molecule has 0 aliphatic heterocycles. The molecule has 2 atom stereocenters. The Balaban J connectivity index is 2.05. The van der Waals surface area contributed by atoms with Crippen molar-refractivity contribution in [1.82, 2.24) is 15.2 Å². The van der Waals surface area contributed by atoms with Crippen LogP contribution in [0.25, 0.3) is 10.2 Å². The lowest BCUT2D eigenvalue weighted by Gasteiger charge is -2.23. The van der Waals surface area contributed by atoms with Gasteiger partial charge in [0.15, 0.2) is 0 Å². The number of pyridine rings is 1. The minimum atomic E-state index is 0.332. The largest absolute Gasteiger partial charge is 0.308 e. The summed E-state index contributed by atoms with van der Waals surface area (Å²) in [6.07, 6.45) is 1.98. The molecule has 1 N–H and O–H groups in total. The van der Waals surface area contributed by atoms with Crippen molar-refractivity contribution in [3.63, 3.8) is 0 Å². The van der Waals surface area contributed by atoms with Gasteiger partial charge in [-0.3, -0.25) is 4.98 Å². The molecule has 18 heavy (non-hydrogen) atoms. The standard InChI is InChI=1S/C14H21N3S/c1-10(9-17(3)4)16-11(2)12-7-14-13(15-8-12)5-6-18-14/h5-8,10-11,16H,9H2,1-4H3. The van der Waals surface area contributed by atoms with Gasteiger partial charge in [-0.1, -0.05) is 0 Å². The molecule has 4 heteroatoms. The molecule has 0 radical (unpaired) electrons. The first kappa shape index (κ1) is 13.5. The summed E-state index contributed by atoms with van der Waals surface area (Å²) in [4.78, 5) is 6.69. The van der Waals surface area contributed by atoms with Crippen molar-refractivity contribution >= 4 is 21.6 Å². The molecule has 0 saturated heterocycles. The Bertz CT molecular complexity index is 506. The van der Waals surface area contributed by atoms with Crippen LogP contribution in [0.3, 0.4) is 0 Å². The maximum atomic E-state index is 4.49. The maximum absolute atomic E-state index is 4.49. The summed E-state index contributed by atoms with van der Waals surface area (Å²) < 4.78 is 1.27. The number of hydrogen-bond donors (Lipinski definition) is 1. The third kappa shape index (κ3) is 3.28. The quantitative estimate of drug-likeness (QED) is 0.899. The smallest absolute Gasteiger partial charge is 0.0809 e. The third-order valence-electron chi connectivity index (χ3n) is 3.00. The zero-order chi connectivity index (χ0) is 13.1. The molecule has 0 spiro atoms. The fourth-order valence-electron chi connectivity index (χ4n) is 2.22. The zero-order valence-electron chi connectivity index (χ0n) is 11.5. The van der Waals surface area contributed by atoms with E-state index in [1.54, 1.807) is 11.3 Å². The van der Waals surface area contributed by atoms with Gasteiger partial charge in [0.1, 0.15) is 0 Å².